The average molecular weight is 397 g/mol. The lowest BCUT2D eigenvalue weighted by Gasteiger charge is -2.18. The van der Waals surface area contributed by atoms with Crippen molar-refractivity contribution in [3.8, 4) is 11.4 Å². The van der Waals surface area contributed by atoms with Crippen LogP contribution in [0.2, 0.25) is 5.02 Å². The third-order valence-electron chi connectivity index (χ3n) is 5.04. The van der Waals surface area contributed by atoms with Gasteiger partial charge in [0.25, 0.3) is 0 Å². The average Bonchev–Trinajstić information content (AvgIpc) is 3.27. The Hall–Kier alpha value is -2.76. The monoisotopic (exact) mass is 396 g/mol. The highest BCUT2D eigenvalue weighted by Gasteiger charge is 2.20. The molecular formula is C22H18ClFN2O2. The fourth-order valence-electron chi connectivity index (χ4n) is 3.75. The van der Waals surface area contributed by atoms with Crippen LogP contribution in [0.25, 0.3) is 16.6 Å². The van der Waals surface area contributed by atoms with Crippen LogP contribution >= 0.6 is 11.6 Å². The summed E-state index contributed by atoms with van der Waals surface area (Å²) in [5, 5.41) is 1.43. The largest absolute Gasteiger partial charge is 0.490 e. The molecule has 0 unspecified atom stereocenters. The minimum atomic E-state index is -0.243. The molecule has 0 fully saturated rings. The van der Waals surface area contributed by atoms with Crippen molar-refractivity contribution in [1.29, 1.82) is 0 Å². The van der Waals surface area contributed by atoms with E-state index in [1.165, 1.54) is 12.1 Å². The molecular weight excluding hydrogens is 379 g/mol. The number of nitrogens with zero attached hydrogens (tertiary/aromatic N) is 2. The zero-order valence-electron chi connectivity index (χ0n) is 15.1. The van der Waals surface area contributed by atoms with Gasteiger partial charge >= 0.3 is 0 Å². The second kappa shape index (κ2) is 7.00. The summed E-state index contributed by atoms with van der Waals surface area (Å²) in [5.74, 6) is 1.41. The molecule has 1 aliphatic rings. The summed E-state index contributed by atoms with van der Waals surface area (Å²) in [5.41, 5.74) is 2.88. The number of hydrogen-bond donors (Lipinski definition) is 0. The van der Waals surface area contributed by atoms with Gasteiger partial charge in [-0.3, -0.25) is 4.90 Å². The van der Waals surface area contributed by atoms with E-state index in [1.54, 1.807) is 12.3 Å². The van der Waals surface area contributed by atoms with Gasteiger partial charge in [0.05, 0.1) is 23.3 Å². The molecule has 0 N–H and O–H groups in total. The van der Waals surface area contributed by atoms with Gasteiger partial charge in [0.2, 0.25) is 0 Å². The van der Waals surface area contributed by atoms with Gasteiger partial charge in [-0.2, -0.15) is 0 Å². The van der Waals surface area contributed by atoms with Gasteiger partial charge < -0.3 is 13.7 Å². The number of ether oxygens (including phenoxy) is 1. The van der Waals surface area contributed by atoms with Crippen LogP contribution < -0.4 is 4.74 Å². The van der Waals surface area contributed by atoms with Crippen molar-refractivity contribution in [3.63, 3.8) is 0 Å². The minimum absolute atomic E-state index is 0.243. The van der Waals surface area contributed by atoms with E-state index in [1.807, 2.05) is 35.0 Å². The molecule has 1 aliphatic heterocycles. The van der Waals surface area contributed by atoms with E-state index in [2.05, 4.69) is 11.0 Å². The van der Waals surface area contributed by atoms with E-state index >= 15 is 0 Å². The van der Waals surface area contributed by atoms with Crippen molar-refractivity contribution in [1.82, 2.24) is 9.47 Å². The quantitative estimate of drug-likeness (QED) is 0.464. The van der Waals surface area contributed by atoms with Crippen LogP contribution in [-0.4, -0.2) is 22.6 Å². The Balaban J connectivity index is 1.53. The summed E-state index contributed by atoms with van der Waals surface area (Å²) >= 11 is 6.57. The number of rotatable bonds is 3. The summed E-state index contributed by atoms with van der Waals surface area (Å²) in [6, 6.07) is 14.5. The third-order valence-corrected chi connectivity index (χ3v) is 5.32. The number of benzene rings is 2. The highest BCUT2D eigenvalue weighted by atomic mass is 35.5. The lowest BCUT2D eigenvalue weighted by atomic mass is 10.1. The van der Waals surface area contributed by atoms with E-state index in [0.29, 0.717) is 24.7 Å². The number of furan rings is 1. The lowest BCUT2D eigenvalue weighted by Crippen LogP contribution is -2.25. The Morgan fingerprint density at radius 1 is 1.11 bits per heavy atom. The van der Waals surface area contributed by atoms with Gasteiger partial charge in [-0.15, -0.1) is 0 Å². The van der Waals surface area contributed by atoms with Gasteiger partial charge in [0.15, 0.2) is 0 Å². The first-order chi connectivity index (χ1) is 13.7. The highest BCUT2D eigenvalue weighted by molar-refractivity contribution is 6.32. The Bertz CT molecular complexity index is 1140. The molecule has 3 heterocycles. The van der Waals surface area contributed by atoms with E-state index < -0.39 is 0 Å². The first kappa shape index (κ1) is 17.3. The van der Waals surface area contributed by atoms with Gasteiger partial charge in [0.1, 0.15) is 23.9 Å². The maximum Gasteiger partial charge on any atom is 0.142 e. The summed E-state index contributed by atoms with van der Waals surface area (Å²) in [4.78, 5) is 2.27. The molecule has 2 aromatic heterocycles. The predicted molar refractivity (Wildman–Crippen MR) is 107 cm³/mol. The summed E-state index contributed by atoms with van der Waals surface area (Å²) in [6.07, 6.45) is 3.62. The van der Waals surface area contributed by atoms with Crippen LogP contribution in [0.1, 0.15) is 11.3 Å². The second-order valence-corrected chi connectivity index (χ2v) is 7.35. The maximum absolute atomic E-state index is 13.5. The highest BCUT2D eigenvalue weighted by Crippen LogP contribution is 2.35. The van der Waals surface area contributed by atoms with Crippen LogP contribution in [0.15, 0.2) is 65.4 Å². The molecule has 0 aliphatic carbocycles. The smallest absolute Gasteiger partial charge is 0.142 e. The second-order valence-electron chi connectivity index (χ2n) is 6.94. The number of halogens is 2. The summed E-state index contributed by atoms with van der Waals surface area (Å²) in [7, 11) is 0. The van der Waals surface area contributed by atoms with Crippen molar-refractivity contribution >= 4 is 22.5 Å². The molecule has 28 heavy (non-hydrogen) atoms. The fourth-order valence-corrected chi connectivity index (χ4v) is 4.03. The van der Waals surface area contributed by atoms with Crippen molar-refractivity contribution in [2.24, 2.45) is 0 Å². The number of aromatic nitrogens is 1. The van der Waals surface area contributed by atoms with Crippen molar-refractivity contribution in [3.05, 3.63) is 83.2 Å². The Labute approximate surface area is 166 Å². The van der Waals surface area contributed by atoms with E-state index in [0.717, 1.165) is 40.2 Å². The minimum Gasteiger partial charge on any atom is -0.490 e. The SMILES string of the molecule is Fc1ccc2c(ccn2-c2cc(Cl)c3c(c2)CN(Cc2ccco2)CCO3)c1. The van der Waals surface area contributed by atoms with E-state index in [4.69, 9.17) is 20.8 Å². The molecule has 0 bridgehead atoms. The van der Waals surface area contributed by atoms with Gasteiger partial charge in [-0.25, -0.2) is 4.39 Å². The Morgan fingerprint density at radius 3 is 2.89 bits per heavy atom. The molecule has 5 rings (SSSR count). The Morgan fingerprint density at radius 2 is 2.04 bits per heavy atom. The first-order valence-electron chi connectivity index (χ1n) is 9.14. The standard InChI is InChI=1S/C22H18ClFN2O2/c23-20-12-18(26-6-5-15-10-17(24)3-4-21(15)26)11-16-13-25(7-9-28-22(16)20)14-19-2-1-8-27-19/h1-6,8,10-12H,7,9,13-14H2. The molecule has 0 radical (unpaired) electrons. The molecule has 6 heteroatoms. The van der Waals surface area contributed by atoms with Gasteiger partial charge in [-0.1, -0.05) is 11.6 Å². The van der Waals surface area contributed by atoms with Crippen LogP contribution in [-0.2, 0) is 13.1 Å². The molecule has 2 aromatic carbocycles. The van der Waals surface area contributed by atoms with Crippen LogP contribution in [0, 0.1) is 5.82 Å². The van der Waals surface area contributed by atoms with Crippen LogP contribution in [0.3, 0.4) is 0 Å². The lowest BCUT2D eigenvalue weighted by molar-refractivity contribution is 0.206. The molecule has 4 aromatic rings. The Kier molecular flexibility index (Phi) is 4.34. The molecule has 4 nitrogen and oxygen atoms in total. The fraction of sp³-hybridized carbons (Fsp3) is 0.182. The van der Waals surface area contributed by atoms with Crippen molar-refractivity contribution in [2.75, 3.05) is 13.2 Å². The molecule has 0 spiro atoms. The molecule has 142 valence electrons. The topological polar surface area (TPSA) is 30.5 Å². The zero-order chi connectivity index (χ0) is 19.1. The number of fused-ring (bicyclic) bond motifs is 2. The predicted octanol–water partition coefficient (Wildman–Crippen LogP) is 5.41. The van der Waals surface area contributed by atoms with Gasteiger partial charge in [-0.05, 0) is 48.5 Å². The molecule has 0 saturated carbocycles. The van der Waals surface area contributed by atoms with Crippen molar-refractivity contribution in [2.45, 2.75) is 13.1 Å². The summed E-state index contributed by atoms with van der Waals surface area (Å²) in [6.45, 7) is 2.77. The maximum atomic E-state index is 13.5. The zero-order valence-corrected chi connectivity index (χ0v) is 15.8. The molecule has 0 atom stereocenters. The normalized spacial score (nSPS) is 14.6. The first-order valence-corrected chi connectivity index (χ1v) is 9.52. The van der Waals surface area contributed by atoms with E-state index in [-0.39, 0.29) is 5.82 Å². The van der Waals surface area contributed by atoms with Gasteiger partial charge in [0, 0.05) is 35.9 Å². The van der Waals surface area contributed by atoms with Crippen LogP contribution in [0.4, 0.5) is 4.39 Å². The van der Waals surface area contributed by atoms with Crippen molar-refractivity contribution < 1.29 is 13.5 Å². The third kappa shape index (κ3) is 3.17. The van der Waals surface area contributed by atoms with Crippen LogP contribution in [0.5, 0.6) is 5.75 Å². The summed E-state index contributed by atoms with van der Waals surface area (Å²) < 4.78 is 27.0. The molecule has 0 amide bonds. The van der Waals surface area contributed by atoms with E-state index in [9.17, 15) is 4.39 Å². The number of hydrogen-bond acceptors (Lipinski definition) is 3. The molecule has 0 saturated heterocycles.